The fraction of sp³-hybridized carbons (Fsp3) is 0.318. The fourth-order valence-corrected chi connectivity index (χ4v) is 4.18. The molecule has 1 aliphatic heterocycles. The van der Waals surface area contributed by atoms with Gasteiger partial charge in [-0.2, -0.15) is 0 Å². The number of halogens is 1. The molecule has 156 valence electrons. The Hall–Kier alpha value is -3.26. The molecule has 0 bridgehead atoms. The van der Waals surface area contributed by atoms with Crippen LogP contribution in [0, 0.1) is 5.82 Å². The smallest absolute Gasteiger partial charge is 0.328 e. The zero-order valence-electron chi connectivity index (χ0n) is 16.8. The molecule has 2 aromatic carbocycles. The number of carbonyl (C=O) groups is 1. The van der Waals surface area contributed by atoms with Crippen molar-refractivity contribution in [2.24, 2.45) is 0 Å². The summed E-state index contributed by atoms with van der Waals surface area (Å²) in [5.74, 6) is -0.586. The van der Waals surface area contributed by atoms with E-state index in [1.807, 2.05) is 7.05 Å². The van der Waals surface area contributed by atoms with E-state index < -0.39 is 5.69 Å². The quantitative estimate of drug-likeness (QED) is 0.689. The van der Waals surface area contributed by atoms with Crippen molar-refractivity contribution in [1.82, 2.24) is 19.8 Å². The third kappa shape index (κ3) is 3.54. The molecule has 1 aromatic heterocycles. The fourth-order valence-electron chi connectivity index (χ4n) is 4.18. The number of hydrogen-bond donors (Lipinski definition) is 2. The molecule has 1 saturated heterocycles. The van der Waals surface area contributed by atoms with Crippen LogP contribution >= 0.6 is 0 Å². The summed E-state index contributed by atoms with van der Waals surface area (Å²) in [5.41, 5.74) is 0.753. The number of nitrogens with one attached hydrogen (secondary N) is 2. The monoisotopic (exact) mass is 410 g/mol. The molecule has 0 aliphatic carbocycles. The molecular weight excluding hydrogens is 387 g/mol. The minimum atomic E-state index is -0.499. The first-order valence-electron chi connectivity index (χ1n) is 9.92. The second-order valence-corrected chi connectivity index (χ2v) is 7.59. The molecule has 0 saturated carbocycles. The average molecular weight is 410 g/mol. The predicted molar refractivity (Wildman–Crippen MR) is 112 cm³/mol. The SMILES string of the molecule is CCn1c(=O)[nH]c2cc(C(=O)N[C@@H]3CCN(C)[C@H]3c3ccc(F)cc3)ccc2c1=O. The summed E-state index contributed by atoms with van der Waals surface area (Å²) in [4.78, 5) is 42.2. The number of carbonyl (C=O) groups excluding carboxylic acids is 1. The van der Waals surface area contributed by atoms with E-state index in [2.05, 4.69) is 15.2 Å². The minimum Gasteiger partial charge on any atom is -0.347 e. The predicted octanol–water partition coefficient (Wildman–Crippen LogP) is 2.02. The first-order chi connectivity index (χ1) is 14.4. The number of likely N-dealkylation sites (N-methyl/N-ethyl adjacent to an activating group) is 1. The maximum atomic E-state index is 13.3. The number of aromatic amines is 1. The Bertz CT molecular complexity index is 1220. The van der Waals surface area contributed by atoms with Crippen LogP contribution in [0.25, 0.3) is 10.9 Å². The standard InChI is InChI=1S/C22H23FN4O3/c1-3-27-21(29)16-9-6-14(12-18(16)25-22(27)30)20(28)24-17-10-11-26(2)19(17)13-4-7-15(23)8-5-13/h4-9,12,17,19H,3,10-11H2,1-2H3,(H,24,28)(H,25,30)/t17-,19+/m1/s1. The normalized spacial score (nSPS) is 19.3. The summed E-state index contributed by atoms with van der Waals surface area (Å²) in [6.07, 6.45) is 0.760. The van der Waals surface area contributed by atoms with Gasteiger partial charge < -0.3 is 10.3 Å². The number of amides is 1. The molecule has 7 nitrogen and oxygen atoms in total. The molecule has 0 unspecified atom stereocenters. The molecule has 2 atom stereocenters. The summed E-state index contributed by atoms with van der Waals surface area (Å²) in [7, 11) is 1.97. The summed E-state index contributed by atoms with van der Waals surface area (Å²) in [5, 5.41) is 3.41. The molecular formula is C22H23FN4O3. The van der Waals surface area contributed by atoms with Crippen molar-refractivity contribution in [3.63, 3.8) is 0 Å². The van der Waals surface area contributed by atoms with Crippen LogP contribution in [0.3, 0.4) is 0 Å². The molecule has 2 N–H and O–H groups in total. The minimum absolute atomic E-state index is 0.0634. The van der Waals surface area contributed by atoms with E-state index in [4.69, 9.17) is 0 Å². The summed E-state index contributed by atoms with van der Waals surface area (Å²) in [6, 6.07) is 10.8. The molecule has 30 heavy (non-hydrogen) atoms. The summed E-state index contributed by atoms with van der Waals surface area (Å²) in [6.45, 7) is 2.79. The number of hydrogen-bond acceptors (Lipinski definition) is 4. The van der Waals surface area contributed by atoms with Crippen LogP contribution in [0.4, 0.5) is 4.39 Å². The van der Waals surface area contributed by atoms with E-state index in [9.17, 15) is 18.8 Å². The molecule has 1 aliphatic rings. The van der Waals surface area contributed by atoms with E-state index >= 15 is 0 Å². The Morgan fingerprint density at radius 3 is 2.63 bits per heavy atom. The van der Waals surface area contributed by atoms with Gasteiger partial charge in [0.05, 0.1) is 23.0 Å². The number of rotatable bonds is 4. The zero-order chi connectivity index (χ0) is 21.4. The van der Waals surface area contributed by atoms with Crippen molar-refractivity contribution in [3.8, 4) is 0 Å². The summed E-state index contributed by atoms with van der Waals surface area (Å²) >= 11 is 0. The van der Waals surface area contributed by atoms with Gasteiger partial charge in [-0.25, -0.2) is 9.18 Å². The van der Waals surface area contributed by atoms with Gasteiger partial charge in [-0.3, -0.25) is 19.1 Å². The van der Waals surface area contributed by atoms with Gasteiger partial charge in [-0.1, -0.05) is 12.1 Å². The lowest BCUT2D eigenvalue weighted by molar-refractivity contribution is 0.0927. The van der Waals surface area contributed by atoms with Gasteiger partial charge in [0, 0.05) is 18.7 Å². The van der Waals surface area contributed by atoms with Crippen LogP contribution in [0.1, 0.15) is 35.3 Å². The largest absolute Gasteiger partial charge is 0.347 e. The van der Waals surface area contributed by atoms with Crippen molar-refractivity contribution in [2.45, 2.75) is 32.0 Å². The van der Waals surface area contributed by atoms with E-state index in [1.165, 1.54) is 18.2 Å². The van der Waals surface area contributed by atoms with Crippen LogP contribution in [0.2, 0.25) is 0 Å². The van der Waals surface area contributed by atoms with Crippen molar-refractivity contribution in [2.75, 3.05) is 13.6 Å². The first kappa shape index (κ1) is 20.0. The van der Waals surface area contributed by atoms with Gasteiger partial charge >= 0.3 is 5.69 Å². The Balaban J connectivity index is 1.61. The topological polar surface area (TPSA) is 87.2 Å². The Labute approximate surface area is 172 Å². The van der Waals surface area contributed by atoms with Crippen molar-refractivity contribution in [3.05, 3.63) is 80.2 Å². The molecule has 1 amide bonds. The lowest BCUT2D eigenvalue weighted by Crippen LogP contribution is -2.39. The number of benzene rings is 2. The molecule has 1 fully saturated rings. The lowest BCUT2D eigenvalue weighted by Gasteiger charge is -2.26. The Morgan fingerprint density at radius 1 is 1.20 bits per heavy atom. The number of H-pyrrole nitrogens is 1. The molecule has 0 radical (unpaired) electrons. The van der Waals surface area contributed by atoms with Crippen LogP contribution < -0.4 is 16.6 Å². The van der Waals surface area contributed by atoms with Crippen LogP contribution in [-0.4, -0.2) is 40.0 Å². The third-order valence-corrected chi connectivity index (χ3v) is 5.74. The second kappa shape index (κ2) is 7.87. The maximum absolute atomic E-state index is 13.3. The Kier molecular flexibility index (Phi) is 5.26. The van der Waals surface area contributed by atoms with E-state index in [0.717, 1.165) is 23.1 Å². The molecule has 8 heteroatoms. The van der Waals surface area contributed by atoms with Crippen LogP contribution in [0.5, 0.6) is 0 Å². The van der Waals surface area contributed by atoms with E-state index in [-0.39, 0.29) is 35.9 Å². The highest BCUT2D eigenvalue weighted by Crippen LogP contribution is 2.31. The lowest BCUT2D eigenvalue weighted by atomic mass is 9.99. The number of nitrogens with zero attached hydrogens (tertiary/aromatic N) is 2. The molecule has 3 aromatic rings. The highest BCUT2D eigenvalue weighted by Gasteiger charge is 2.34. The highest BCUT2D eigenvalue weighted by atomic mass is 19.1. The van der Waals surface area contributed by atoms with E-state index in [1.54, 1.807) is 31.2 Å². The van der Waals surface area contributed by atoms with E-state index in [0.29, 0.717) is 16.5 Å². The van der Waals surface area contributed by atoms with Gasteiger partial charge in [0.2, 0.25) is 0 Å². The van der Waals surface area contributed by atoms with Crippen LogP contribution in [-0.2, 0) is 6.54 Å². The maximum Gasteiger partial charge on any atom is 0.328 e. The van der Waals surface area contributed by atoms with Crippen molar-refractivity contribution >= 4 is 16.8 Å². The number of fused-ring (bicyclic) bond motifs is 1. The van der Waals surface area contributed by atoms with Gasteiger partial charge in [-0.15, -0.1) is 0 Å². The van der Waals surface area contributed by atoms with Gasteiger partial charge in [0.25, 0.3) is 11.5 Å². The van der Waals surface area contributed by atoms with Crippen LogP contribution in [0.15, 0.2) is 52.1 Å². The van der Waals surface area contributed by atoms with Gasteiger partial charge in [0.1, 0.15) is 5.82 Å². The third-order valence-electron chi connectivity index (χ3n) is 5.74. The molecule has 2 heterocycles. The van der Waals surface area contributed by atoms with Crippen molar-refractivity contribution in [1.29, 1.82) is 0 Å². The molecule has 4 rings (SSSR count). The zero-order valence-corrected chi connectivity index (χ0v) is 16.8. The highest BCUT2D eigenvalue weighted by molar-refractivity contribution is 5.97. The van der Waals surface area contributed by atoms with Crippen molar-refractivity contribution < 1.29 is 9.18 Å². The number of likely N-dealkylation sites (tertiary alicyclic amines) is 1. The number of aromatic nitrogens is 2. The first-order valence-corrected chi connectivity index (χ1v) is 9.92. The second-order valence-electron chi connectivity index (χ2n) is 7.59. The Morgan fingerprint density at radius 2 is 1.93 bits per heavy atom. The average Bonchev–Trinajstić information content (AvgIpc) is 3.08. The summed E-state index contributed by atoms with van der Waals surface area (Å²) < 4.78 is 14.4. The molecule has 0 spiro atoms. The van der Waals surface area contributed by atoms with Gasteiger partial charge in [-0.05, 0) is 56.3 Å². The van der Waals surface area contributed by atoms with Gasteiger partial charge in [0.15, 0.2) is 0 Å².